The molecule has 2 aliphatic heterocycles. The van der Waals surface area contributed by atoms with Gasteiger partial charge in [-0.2, -0.15) is 0 Å². The molecule has 2 heterocycles. The highest BCUT2D eigenvalue weighted by Crippen LogP contribution is 2.42. The van der Waals surface area contributed by atoms with Crippen LogP contribution in [-0.4, -0.2) is 71.0 Å². The van der Waals surface area contributed by atoms with Crippen molar-refractivity contribution in [2.45, 2.75) is 4.90 Å². The van der Waals surface area contributed by atoms with Crippen LogP contribution in [0, 0.1) is 0 Å². The van der Waals surface area contributed by atoms with Crippen molar-refractivity contribution in [1.82, 2.24) is 9.21 Å². The summed E-state index contributed by atoms with van der Waals surface area (Å²) >= 11 is 6.19. The van der Waals surface area contributed by atoms with Gasteiger partial charge in [-0.15, -0.1) is 0 Å². The molecule has 1 aromatic rings. The summed E-state index contributed by atoms with van der Waals surface area (Å²) in [5.41, 5.74) is 0.890. The lowest BCUT2D eigenvalue weighted by Gasteiger charge is -2.38. The van der Waals surface area contributed by atoms with E-state index in [0.717, 1.165) is 17.4 Å². The Morgan fingerprint density at radius 1 is 1.00 bits per heavy atom. The zero-order chi connectivity index (χ0) is 16.9. The minimum absolute atomic E-state index is 0.149. The van der Waals surface area contributed by atoms with Crippen LogP contribution in [0.2, 0.25) is 5.02 Å². The molecule has 1 aromatic carbocycles. The molecule has 0 spiro atoms. The van der Waals surface area contributed by atoms with Gasteiger partial charge in [0, 0.05) is 45.3 Å². The van der Waals surface area contributed by atoms with Crippen LogP contribution in [0.1, 0.15) is 0 Å². The summed E-state index contributed by atoms with van der Waals surface area (Å²) in [4.78, 5) is 17.8. The van der Waals surface area contributed by atoms with E-state index < -0.39 is 16.1 Å². The van der Waals surface area contributed by atoms with Crippen LogP contribution in [0.3, 0.4) is 0 Å². The predicted molar refractivity (Wildman–Crippen MR) is 89.9 cm³/mol. The Hall–Kier alpha value is -1.51. The van der Waals surface area contributed by atoms with Crippen molar-refractivity contribution >= 4 is 39.0 Å². The normalized spacial score (nSPS) is 21.6. The van der Waals surface area contributed by atoms with Crippen LogP contribution in [0.4, 0.5) is 16.2 Å². The lowest BCUT2D eigenvalue weighted by molar-refractivity contribution is 0.234. The van der Waals surface area contributed by atoms with Crippen molar-refractivity contribution in [3.8, 4) is 0 Å². The second-order valence-corrected chi connectivity index (χ2v) is 8.22. The standard InChI is InChI=1S/C14H19ClN4O3S/c1-16-4-6-19(7-5-16)12-9-10(15)8-11-13(12)23(21,22)18(3)14(20)17(11)2/h8-9H,4-7H2,1-3H3. The molecular formula is C14H19ClN4O3S. The average molecular weight is 359 g/mol. The van der Waals surface area contributed by atoms with Crippen molar-refractivity contribution in [3.05, 3.63) is 17.2 Å². The lowest BCUT2D eigenvalue weighted by atomic mass is 10.2. The number of hydrogen-bond acceptors (Lipinski definition) is 5. The van der Waals surface area contributed by atoms with E-state index in [-0.39, 0.29) is 4.90 Å². The van der Waals surface area contributed by atoms with Gasteiger partial charge < -0.3 is 9.80 Å². The van der Waals surface area contributed by atoms with Gasteiger partial charge in [-0.1, -0.05) is 11.6 Å². The maximum Gasteiger partial charge on any atom is 0.337 e. The van der Waals surface area contributed by atoms with Gasteiger partial charge in [0.25, 0.3) is 10.0 Å². The third-order valence-electron chi connectivity index (χ3n) is 4.39. The first kappa shape index (κ1) is 16.4. The zero-order valence-electron chi connectivity index (χ0n) is 13.3. The van der Waals surface area contributed by atoms with Crippen molar-refractivity contribution < 1.29 is 13.2 Å². The van der Waals surface area contributed by atoms with Crippen LogP contribution in [0.25, 0.3) is 0 Å². The van der Waals surface area contributed by atoms with E-state index in [4.69, 9.17) is 11.6 Å². The van der Waals surface area contributed by atoms with E-state index in [1.807, 2.05) is 11.9 Å². The fraction of sp³-hybridized carbons (Fsp3) is 0.500. The third-order valence-corrected chi connectivity index (χ3v) is 6.42. The Bertz CT molecular complexity index is 760. The van der Waals surface area contributed by atoms with Crippen LogP contribution in [-0.2, 0) is 10.0 Å². The summed E-state index contributed by atoms with van der Waals surface area (Å²) in [6.07, 6.45) is 0. The molecule has 3 rings (SSSR count). The molecule has 2 aliphatic rings. The predicted octanol–water partition coefficient (Wildman–Crippen LogP) is 1.28. The monoisotopic (exact) mass is 358 g/mol. The summed E-state index contributed by atoms with van der Waals surface area (Å²) in [5, 5.41) is 0.414. The summed E-state index contributed by atoms with van der Waals surface area (Å²) in [5.74, 6) is 0. The van der Waals surface area contributed by atoms with E-state index in [1.54, 1.807) is 13.1 Å². The second-order valence-electron chi connectivity index (χ2n) is 5.88. The fourth-order valence-electron chi connectivity index (χ4n) is 2.91. The van der Waals surface area contributed by atoms with Crippen LogP contribution in [0.15, 0.2) is 17.0 Å². The number of sulfonamides is 1. The van der Waals surface area contributed by atoms with Gasteiger partial charge in [-0.25, -0.2) is 17.5 Å². The Balaban J connectivity index is 2.20. The molecule has 0 radical (unpaired) electrons. The Morgan fingerprint density at radius 2 is 1.57 bits per heavy atom. The second kappa shape index (κ2) is 5.54. The molecule has 0 atom stereocenters. The van der Waals surface area contributed by atoms with Gasteiger partial charge in [0.15, 0.2) is 0 Å². The largest absolute Gasteiger partial charge is 0.368 e. The molecular weight excluding hydrogens is 340 g/mol. The molecule has 0 saturated carbocycles. The quantitative estimate of drug-likeness (QED) is 0.756. The SMILES string of the molecule is CN1CCN(c2cc(Cl)cc3c2S(=O)(=O)N(C)C(=O)N3C)CC1. The molecule has 0 unspecified atom stereocenters. The number of piperazine rings is 1. The number of benzene rings is 1. The van der Waals surface area contributed by atoms with Crippen LogP contribution in [0.5, 0.6) is 0 Å². The van der Waals surface area contributed by atoms with Crippen LogP contribution >= 0.6 is 11.6 Å². The number of urea groups is 1. The molecule has 0 bridgehead atoms. The molecule has 1 saturated heterocycles. The summed E-state index contributed by atoms with van der Waals surface area (Å²) < 4.78 is 26.4. The molecule has 9 heteroatoms. The highest BCUT2D eigenvalue weighted by molar-refractivity contribution is 7.90. The number of anilines is 2. The molecule has 0 N–H and O–H groups in total. The molecule has 2 amide bonds. The molecule has 1 fully saturated rings. The van der Waals surface area contributed by atoms with Gasteiger partial charge in [0.05, 0.1) is 11.4 Å². The van der Waals surface area contributed by atoms with E-state index in [0.29, 0.717) is 29.5 Å². The number of rotatable bonds is 1. The minimum Gasteiger partial charge on any atom is -0.368 e. The number of fused-ring (bicyclic) bond motifs is 1. The third kappa shape index (κ3) is 2.54. The van der Waals surface area contributed by atoms with Gasteiger partial charge in [0.2, 0.25) is 0 Å². The zero-order valence-corrected chi connectivity index (χ0v) is 14.9. The smallest absolute Gasteiger partial charge is 0.337 e. The molecule has 0 aromatic heterocycles. The van der Waals surface area contributed by atoms with Gasteiger partial charge in [-0.05, 0) is 19.2 Å². The summed E-state index contributed by atoms with van der Waals surface area (Å²) in [6, 6.07) is 2.60. The Labute approximate surface area is 141 Å². The van der Waals surface area contributed by atoms with Crippen LogP contribution < -0.4 is 9.80 Å². The Morgan fingerprint density at radius 3 is 2.17 bits per heavy atom. The lowest BCUT2D eigenvalue weighted by Crippen LogP contribution is -2.49. The number of carbonyl (C=O) groups is 1. The van der Waals surface area contributed by atoms with Crippen molar-refractivity contribution in [2.75, 3.05) is 57.1 Å². The number of likely N-dealkylation sites (N-methyl/N-ethyl adjacent to an activating group) is 1. The van der Waals surface area contributed by atoms with Crippen molar-refractivity contribution in [1.29, 1.82) is 0 Å². The van der Waals surface area contributed by atoms with E-state index in [2.05, 4.69) is 4.90 Å². The van der Waals surface area contributed by atoms with Gasteiger partial charge in [0.1, 0.15) is 4.90 Å². The first-order valence-corrected chi connectivity index (χ1v) is 9.09. The number of amides is 2. The topological polar surface area (TPSA) is 64.2 Å². The highest BCUT2D eigenvalue weighted by atomic mass is 35.5. The van der Waals surface area contributed by atoms with E-state index in [1.165, 1.54) is 18.0 Å². The molecule has 0 aliphatic carbocycles. The maximum absolute atomic E-state index is 12.8. The number of halogens is 1. The molecule has 23 heavy (non-hydrogen) atoms. The molecule has 7 nitrogen and oxygen atoms in total. The first-order valence-electron chi connectivity index (χ1n) is 7.27. The number of carbonyl (C=O) groups excluding carboxylic acids is 1. The maximum atomic E-state index is 12.8. The van der Waals surface area contributed by atoms with Gasteiger partial charge >= 0.3 is 6.03 Å². The van der Waals surface area contributed by atoms with Crippen molar-refractivity contribution in [2.24, 2.45) is 0 Å². The number of hydrogen-bond donors (Lipinski definition) is 0. The van der Waals surface area contributed by atoms with E-state index in [9.17, 15) is 13.2 Å². The molecule has 126 valence electrons. The van der Waals surface area contributed by atoms with E-state index >= 15 is 0 Å². The Kier molecular flexibility index (Phi) is 3.94. The van der Waals surface area contributed by atoms with Crippen molar-refractivity contribution in [3.63, 3.8) is 0 Å². The summed E-state index contributed by atoms with van der Waals surface area (Å²) in [7, 11) is 0.974. The highest BCUT2D eigenvalue weighted by Gasteiger charge is 2.41. The summed E-state index contributed by atoms with van der Waals surface area (Å²) in [6.45, 7) is 3.10. The van der Waals surface area contributed by atoms with Gasteiger partial charge in [-0.3, -0.25) is 4.90 Å². The first-order chi connectivity index (χ1) is 10.7. The average Bonchev–Trinajstić information content (AvgIpc) is 2.51. The minimum atomic E-state index is -3.88. The number of nitrogens with zero attached hydrogens (tertiary/aromatic N) is 4. The fourth-order valence-corrected chi connectivity index (χ4v) is 4.64.